The van der Waals surface area contributed by atoms with Crippen molar-refractivity contribution in [1.29, 1.82) is 0 Å². The minimum absolute atomic E-state index is 0.144. The first kappa shape index (κ1) is 18.6. The molecule has 4 nitrogen and oxygen atoms in total. The summed E-state index contributed by atoms with van der Waals surface area (Å²) < 4.78 is 5.38. The summed E-state index contributed by atoms with van der Waals surface area (Å²) in [6, 6.07) is 11.1. The number of para-hydroxylation sites is 1. The third-order valence-electron chi connectivity index (χ3n) is 3.62. The Kier molecular flexibility index (Phi) is 6.49. The van der Waals surface area contributed by atoms with E-state index in [2.05, 4.69) is 11.4 Å². The van der Waals surface area contributed by atoms with Gasteiger partial charge in [-0.15, -0.1) is 0 Å². The lowest BCUT2D eigenvalue weighted by atomic mass is 10.1. The fourth-order valence-electron chi connectivity index (χ4n) is 2.51. The SMILES string of the molecule is COc1ccc(C)cc1C[NH+](C)CC(=O)Nc1c(Cl)cccc1Cl. The fourth-order valence-corrected chi connectivity index (χ4v) is 3.00. The molecule has 0 fully saturated rings. The number of quaternary nitrogens is 1. The zero-order valence-corrected chi connectivity index (χ0v) is 15.5. The molecule has 0 aliphatic rings. The van der Waals surface area contributed by atoms with Gasteiger partial charge in [0.25, 0.3) is 5.91 Å². The lowest BCUT2D eigenvalue weighted by Crippen LogP contribution is -3.08. The monoisotopic (exact) mass is 367 g/mol. The average molecular weight is 368 g/mol. The van der Waals surface area contributed by atoms with Crippen molar-refractivity contribution < 1.29 is 14.4 Å². The first-order valence-corrected chi connectivity index (χ1v) is 8.35. The minimum atomic E-state index is -0.144. The second-order valence-corrected chi connectivity index (χ2v) is 6.59. The minimum Gasteiger partial charge on any atom is -0.496 e. The summed E-state index contributed by atoms with van der Waals surface area (Å²) in [4.78, 5) is 13.3. The van der Waals surface area contributed by atoms with Crippen LogP contribution in [0.1, 0.15) is 11.1 Å². The van der Waals surface area contributed by atoms with Crippen LogP contribution in [0.2, 0.25) is 10.0 Å². The number of nitrogens with one attached hydrogen (secondary N) is 2. The lowest BCUT2D eigenvalue weighted by molar-refractivity contribution is -0.885. The molecule has 0 aromatic heterocycles. The van der Waals surface area contributed by atoms with Crippen LogP contribution < -0.4 is 15.0 Å². The summed E-state index contributed by atoms with van der Waals surface area (Å²) in [5, 5.41) is 3.63. The predicted octanol–water partition coefficient (Wildman–Crippen LogP) is 2.96. The number of halogens is 2. The van der Waals surface area contributed by atoms with E-state index in [1.54, 1.807) is 25.3 Å². The van der Waals surface area contributed by atoms with Crippen molar-refractivity contribution in [3.63, 3.8) is 0 Å². The highest BCUT2D eigenvalue weighted by atomic mass is 35.5. The molecule has 1 amide bonds. The molecule has 1 unspecified atom stereocenters. The molecule has 0 spiro atoms. The Hall–Kier alpha value is -1.75. The Morgan fingerprint density at radius 3 is 2.50 bits per heavy atom. The number of aryl methyl sites for hydroxylation is 1. The first-order valence-electron chi connectivity index (χ1n) is 7.59. The molecule has 2 aromatic rings. The number of hydrogen-bond donors (Lipinski definition) is 2. The van der Waals surface area contributed by atoms with Crippen LogP contribution in [0.25, 0.3) is 0 Å². The molecule has 0 aliphatic heterocycles. The van der Waals surface area contributed by atoms with Crippen LogP contribution in [0.4, 0.5) is 5.69 Å². The van der Waals surface area contributed by atoms with Gasteiger partial charge in [0.15, 0.2) is 6.54 Å². The number of hydrogen-bond acceptors (Lipinski definition) is 2. The number of likely N-dealkylation sites (N-methyl/N-ethyl adjacent to an activating group) is 1. The van der Waals surface area contributed by atoms with Crippen LogP contribution in [-0.4, -0.2) is 26.6 Å². The van der Waals surface area contributed by atoms with Gasteiger partial charge in [-0.05, 0) is 31.2 Å². The molecule has 0 heterocycles. The summed E-state index contributed by atoms with van der Waals surface area (Å²) in [6.45, 7) is 3.00. The number of anilines is 1. The maximum Gasteiger partial charge on any atom is 0.279 e. The third kappa shape index (κ3) is 4.87. The van der Waals surface area contributed by atoms with Gasteiger partial charge in [0.05, 0.1) is 29.9 Å². The molecule has 6 heteroatoms. The second kappa shape index (κ2) is 8.38. The van der Waals surface area contributed by atoms with Crippen LogP contribution in [0, 0.1) is 6.92 Å². The summed E-state index contributed by atoms with van der Waals surface area (Å²) >= 11 is 12.1. The predicted molar refractivity (Wildman–Crippen MR) is 98.3 cm³/mol. The molecule has 1 atom stereocenters. The maximum atomic E-state index is 12.3. The third-order valence-corrected chi connectivity index (χ3v) is 4.25. The molecule has 24 heavy (non-hydrogen) atoms. The molecular formula is C18H21Cl2N2O2+. The molecule has 128 valence electrons. The largest absolute Gasteiger partial charge is 0.496 e. The Bertz CT molecular complexity index is 715. The normalized spacial score (nSPS) is 11.9. The van der Waals surface area contributed by atoms with E-state index in [0.717, 1.165) is 21.8 Å². The number of benzene rings is 2. The van der Waals surface area contributed by atoms with Crippen molar-refractivity contribution in [3.05, 3.63) is 57.6 Å². The van der Waals surface area contributed by atoms with E-state index in [1.807, 2.05) is 26.1 Å². The standard InChI is InChI=1S/C18H20Cl2N2O2/c1-12-7-8-16(24-3)13(9-12)10-22(2)11-17(23)21-18-14(19)5-4-6-15(18)20/h4-9H,10-11H2,1-3H3,(H,21,23)/p+1. The quantitative estimate of drug-likeness (QED) is 0.823. The number of carbonyl (C=O) groups is 1. The van der Waals surface area contributed by atoms with Gasteiger partial charge in [-0.3, -0.25) is 4.79 Å². The van der Waals surface area contributed by atoms with Gasteiger partial charge in [-0.1, -0.05) is 40.9 Å². The molecule has 0 saturated heterocycles. The molecule has 2 N–H and O–H groups in total. The number of rotatable bonds is 6. The second-order valence-electron chi connectivity index (χ2n) is 5.77. The molecule has 0 bridgehead atoms. The van der Waals surface area contributed by atoms with Crippen molar-refractivity contribution in [2.45, 2.75) is 13.5 Å². The van der Waals surface area contributed by atoms with E-state index in [1.165, 1.54) is 0 Å². The smallest absolute Gasteiger partial charge is 0.279 e. The van der Waals surface area contributed by atoms with E-state index in [0.29, 0.717) is 28.8 Å². The molecule has 2 rings (SSSR count). The highest BCUT2D eigenvalue weighted by Crippen LogP contribution is 2.29. The van der Waals surface area contributed by atoms with Crippen LogP contribution in [0.5, 0.6) is 5.75 Å². The Balaban J connectivity index is 2.01. The highest BCUT2D eigenvalue weighted by Gasteiger charge is 2.16. The Labute approximate surface area is 152 Å². The van der Waals surface area contributed by atoms with E-state index < -0.39 is 0 Å². The molecule has 0 saturated carbocycles. The van der Waals surface area contributed by atoms with E-state index in [4.69, 9.17) is 27.9 Å². The van der Waals surface area contributed by atoms with Crippen molar-refractivity contribution in [3.8, 4) is 5.75 Å². The van der Waals surface area contributed by atoms with Crippen molar-refractivity contribution in [2.75, 3.05) is 26.0 Å². The molecule has 0 aliphatic carbocycles. The maximum absolute atomic E-state index is 12.3. The zero-order valence-electron chi connectivity index (χ0n) is 14.0. The summed E-state index contributed by atoms with van der Waals surface area (Å²) in [6.07, 6.45) is 0. The molecule has 0 radical (unpaired) electrons. The Morgan fingerprint density at radius 2 is 1.88 bits per heavy atom. The average Bonchev–Trinajstić information content (AvgIpc) is 2.51. The van der Waals surface area contributed by atoms with Crippen molar-refractivity contribution in [2.24, 2.45) is 0 Å². The molecule has 2 aromatic carbocycles. The number of carbonyl (C=O) groups excluding carboxylic acids is 1. The highest BCUT2D eigenvalue weighted by molar-refractivity contribution is 6.39. The van der Waals surface area contributed by atoms with E-state index in [9.17, 15) is 4.79 Å². The fraction of sp³-hybridized carbons (Fsp3) is 0.278. The lowest BCUT2D eigenvalue weighted by Gasteiger charge is -2.17. The van der Waals surface area contributed by atoms with Crippen LogP contribution in [-0.2, 0) is 11.3 Å². The van der Waals surface area contributed by atoms with Crippen LogP contribution >= 0.6 is 23.2 Å². The van der Waals surface area contributed by atoms with Crippen molar-refractivity contribution in [1.82, 2.24) is 0 Å². The summed E-state index contributed by atoms with van der Waals surface area (Å²) in [5.74, 6) is 0.684. The number of amides is 1. The molecular weight excluding hydrogens is 347 g/mol. The van der Waals surface area contributed by atoms with Gasteiger partial charge in [-0.25, -0.2) is 0 Å². The number of ether oxygens (including phenoxy) is 1. The van der Waals surface area contributed by atoms with Gasteiger partial charge < -0.3 is 15.0 Å². The van der Waals surface area contributed by atoms with E-state index in [-0.39, 0.29) is 5.91 Å². The Morgan fingerprint density at radius 1 is 1.21 bits per heavy atom. The zero-order chi connectivity index (χ0) is 17.7. The van der Waals surface area contributed by atoms with Gasteiger partial charge >= 0.3 is 0 Å². The van der Waals surface area contributed by atoms with Crippen molar-refractivity contribution >= 4 is 34.8 Å². The van der Waals surface area contributed by atoms with Gasteiger partial charge in [0.2, 0.25) is 0 Å². The summed E-state index contributed by atoms with van der Waals surface area (Å²) in [7, 11) is 3.60. The van der Waals surface area contributed by atoms with Gasteiger partial charge in [0.1, 0.15) is 12.3 Å². The van der Waals surface area contributed by atoms with E-state index >= 15 is 0 Å². The summed E-state index contributed by atoms with van der Waals surface area (Å²) in [5.41, 5.74) is 2.68. The van der Waals surface area contributed by atoms with Gasteiger partial charge in [-0.2, -0.15) is 0 Å². The topological polar surface area (TPSA) is 42.8 Å². The van der Waals surface area contributed by atoms with Crippen LogP contribution in [0.15, 0.2) is 36.4 Å². The van der Waals surface area contributed by atoms with Crippen LogP contribution in [0.3, 0.4) is 0 Å². The van der Waals surface area contributed by atoms with Gasteiger partial charge in [0, 0.05) is 5.56 Å². The number of methoxy groups -OCH3 is 1. The first-order chi connectivity index (χ1) is 11.4.